The van der Waals surface area contributed by atoms with Crippen LogP contribution < -0.4 is 10.1 Å². The van der Waals surface area contributed by atoms with Crippen molar-refractivity contribution in [3.05, 3.63) is 48.7 Å². The molecule has 1 aromatic heterocycles. The molecule has 114 valence electrons. The van der Waals surface area contributed by atoms with Crippen LogP contribution in [0.25, 0.3) is 0 Å². The number of carbonyl (C=O) groups is 1. The number of aromatic nitrogens is 1. The van der Waals surface area contributed by atoms with Crippen molar-refractivity contribution in [1.82, 2.24) is 4.98 Å². The second kappa shape index (κ2) is 6.15. The fraction of sp³-hybridized carbons (Fsp3) is 0.294. The van der Waals surface area contributed by atoms with Crippen LogP contribution in [-0.2, 0) is 4.79 Å². The Morgan fingerprint density at radius 2 is 2.00 bits per heavy atom. The number of nitrogens with one attached hydrogen (secondary N) is 1. The van der Waals surface area contributed by atoms with Crippen LogP contribution in [0.15, 0.2) is 48.7 Å². The Bertz CT molecular complexity index is 652. The third-order valence-electron chi connectivity index (χ3n) is 3.81. The SMILES string of the molecule is O=C(Nc1cccc(Oc2ccccn2)c1)C1(O)CCCC1. The van der Waals surface area contributed by atoms with Gasteiger partial charge in [-0.1, -0.05) is 12.1 Å². The highest BCUT2D eigenvalue weighted by Gasteiger charge is 2.38. The molecule has 1 aliphatic rings. The summed E-state index contributed by atoms with van der Waals surface area (Å²) in [6.07, 6.45) is 4.45. The highest BCUT2D eigenvalue weighted by molar-refractivity contribution is 5.97. The molecule has 0 unspecified atom stereocenters. The van der Waals surface area contributed by atoms with E-state index in [1.807, 2.05) is 12.1 Å². The average Bonchev–Trinajstić information content (AvgIpc) is 2.97. The van der Waals surface area contributed by atoms with E-state index in [4.69, 9.17) is 4.74 Å². The zero-order valence-electron chi connectivity index (χ0n) is 12.2. The first kappa shape index (κ1) is 14.5. The summed E-state index contributed by atoms with van der Waals surface area (Å²) < 4.78 is 5.63. The molecule has 5 nitrogen and oxygen atoms in total. The van der Waals surface area contributed by atoms with Crippen molar-refractivity contribution in [3.8, 4) is 11.6 Å². The van der Waals surface area contributed by atoms with Gasteiger partial charge in [0.05, 0.1) is 0 Å². The largest absolute Gasteiger partial charge is 0.439 e. The summed E-state index contributed by atoms with van der Waals surface area (Å²) in [5.74, 6) is 0.718. The van der Waals surface area contributed by atoms with Gasteiger partial charge in [0, 0.05) is 24.0 Å². The molecule has 0 saturated heterocycles. The van der Waals surface area contributed by atoms with E-state index in [0.29, 0.717) is 30.2 Å². The lowest BCUT2D eigenvalue weighted by molar-refractivity contribution is -0.133. The molecular formula is C17H18N2O3. The topological polar surface area (TPSA) is 71.5 Å². The Labute approximate surface area is 129 Å². The van der Waals surface area contributed by atoms with E-state index in [1.54, 1.807) is 36.5 Å². The van der Waals surface area contributed by atoms with Gasteiger partial charge < -0.3 is 15.2 Å². The van der Waals surface area contributed by atoms with Gasteiger partial charge in [0.15, 0.2) is 0 Å². The first-order chi connectivity index (χ1) is 10.7. The van der Waals surface area contributed by atoms with Gasteiger partial charge in [0.1, 0.15) is 11.4 Å². The molecule has 1 aliphatic carbocycles. The molecule has 1 fully saturated rings. The smallest absolute Gasteiger partial charge is 0.256 e. The molecule has 1 amide bonds. The summed E-state index contributed by atoms with van der Waals surface area (Å²) in [4.78, 5) is 16.3. The molecule has 0 atom stereocenters. The molecule has 1 saturated carbocycles. The lowest BCUT2D eigenvalue weighted by Gasteiger charge is -2.21. The van der Waals surface area contributed by atoms with E-state index >= 15 is 0 Å². The van der Waals surface area contributed by atoms with Crippen molar-refractivity contribution < 1.29 is 14.6 Å². The summed E-state index contributed by atoms with van der Waals surface area (Å²) in [6, 6.07) is 12.5. The molecule has 5 heteroatoms. The van der Waals surface area contributed by atoms with Crippen molar-refractivity contribution in [3.63, 3.8) is 0 Å². The predicted octanol–water partition coefficient (Wildman–Crippen LogP) is 3.12. The number of rotatable bonds is 4. The fourth-order valence-electron chi connectivity index (χ4n) is 2.60. The lowest BCUT2D eigenvalue weighted by atomic mass is 10.0. The number of hydrogen-bond acceptors (Lipinski definition) is 4. The number of benzene rings is 1. The van der Waals surface area contributed by atoms with Crippen molar-refractivity contribution in [1.29, 1.82) is 0 Å². The van der Waals surface area contributed by atoms with E-state index in [-0.39, 0.29) is 5.91 Å². The zero-order chi connectivity index (χ0) is 15.4. The van der Waals surface area contributed by atoms with Crippen molar-refractivity contribution in [2.45, 2.75) is 31.3 Å². The maximum absolute atomic E-state index is 12.2. The summed E-state index contributed by atoms with van der Waals surface area (Å²) in [5.41, 5.74) is -0.642. The molecule has 2 aromatic rings. The summed E-state index contributed by atoms with van der Waals surface area (Å²) >= 11 is 0. The molecule has 22 heavy (non-hydrogen) atoms. The van der Waals surface area contributed by atoms with Crippen LogP contribution in [0, 0.1) is 0 Å². The zero-order valence-corrected chi connectivity index (χ0v) is 12.2. The Balaban J connectivity index is 1.70. The Morgan fingerprint density at radius 1 is 1.18 bits per heavy atom. The second-order valence-corrected chi connectivity index (χ2v) is 5.49. The molecule has 0 radical (unpaired) electrons. The molecule has 0 spiro atoms. The quantitative estimate of drug-likeness (QED) is 0.909. The standard InChI is InChI=1S/C17H18N2O3/c20-16(17(21)9-2-3-10-17)19-13-6-5-7-14(12-13)22-15-8-1-4-11-18-15/h1,4-8,11-12,21H,2-3,9-10H2,(H,19,20). The number of anilines is 1. The van der Waals surface area contributed by atoms with Crippen molar-refractivity contribution in [2.24, 2.45) is 0 Å². The van der Waals surface area contributed by atoms with Gasteiger partial charge in [-0.25, -0.2) is 4.98 Å². The number of pyridine rings is 1. The minimum Gasteiger partial charge on any atom is -0.439 e. The molecular weight excluding hydrogens is 280 g/mol. The van der Waals surface area contributed by atoms with Crippen LogP contribution in [-0.4, -0.2) is 21.6 Å². The van der Waals surface area contributed by atoms with E-state index in [2.05, 4.69) is 10.3 Å². The van der Waals surface area contributed by atoms with Crippen LogP contribution in [0.2, 0.25) is 0 Å². The Hall–Kier alpha value is -2.40. The van der Waals surface area contributed by atoms with Gasteiger partial charge in [-0.2, -0.15) is 0 Å². The molecule has 0 aliphatic heterocycles. The summed E-state index contributed by atoms with van der Waals surface area (Å²) in [7, 11) is 0. The summed E-state index contributed by atoms with van der Waals surface area (Å²) in [5, 5.41) is 13.0. The van der Waals surface area contributed by atoms with Crippen molar-refractivity contribution in [2.75, 3.05) is 5.32 Å². The maximum atomic E-state index is 12.2. The van der Waals surface area contributed by atoms with Gasteiger partial charge in [0.25, 0.3) is 5.91 Å². The van der Waals surface area contributed by atoms with Gasteiger partial charge in [-0.15, -0.1) is 0 Å². The maximum Gasteiger partial charge on any atom is 0.256 e. The van der Waals surface area contributed by atoms with Gasteiger partial charge >= 0.3 is 0 Å². The monoisotopic (exact) mass is 298 g/mol. The minimum absolute atomic E-state index is 0.347. The van der Waals surface area contributed by atoms with Gasteiger partial charge in [0.2, 0.25) is 5.88 Å². The highest BCUT2D eigenvalue weighted by Crippen LogP contribution is 2.31. The van der Waals surface area contributed by atoms with E-state index in [9.17, 15) is 9.90 Å². The third kappa shape index (κ3) is 3.26. The number of aliphatic hydroxyl groups is 1. The van der Waals surface area contributed by atoms with Crippen LogP contribution in [0.5, 0.6) is 11.6 Å². The lowest BCUT2D eigenvalue weighted by Crippen LogP contribution is -2.40. The summed E-state index contributed by atoms with van der Waals surface area (Å²) in [6.45, 7) is 0. The Morgan fingerprint density at radius 3 is 2.73 bits per heavy atom. The van der Waals surface area contributed by atoms with Crippen LogP contribution in [0.3, 0.4) is 0 Å². The molecule has 2 N–H and O–H groups in total. The minimum atomic E-state index is -1.24. The van der Waals surface area contributed by atoms with Crippen LogP contribution in [0.1, 0.15) is 25.7 Å². The third-order valence-corrected chi connectivity index (χ3v) is 3.81. The van der Waals surface area contributed by atoms with Crippen molar-refractivity contribution >= 4 is 11.6 Å². The number of nitrogens with zero attached hydrogens (tertiary/aromatic N) is 1. The normalized spacial score (nSPS) is 16.2. The Kier molecular flexibility index (Phi) is 4.06. The fourth-order valence-corrected chi connectivity index (χ4v) is 2.60. The number of carbonyl (C=O) groups excluding carboxylic acids is 1. The molecule has 3 rings (SSSR count). The number of ether oxygens (including phenoxy) is 1. The average molecular weight is 298 g/mol. The van der Waals surface area contributed by atoms with Crippen LogP contribution >= 0.6 is 0 Å². The van der Waals surface area contributed by atoms with E-state index < -0.39 is 5.60 Å². The van der Waals surface area contributed by atoms with Gasteiger partial charge in [-0.3, -0.25) is 4.79 Å². The predicted molar refractivity (Wildman–Crippen MR) is 82.8 cm³/mol. The molecule has 1 heterocycles. The first-order valence-corrected chi connectivity index (χ1v) is 7.38. The van der Waals surface area contributed by atoms with E-state index in [0.717, 1.165) is 12.8 Å². The van der Waals surface area contributed by atoms with Crippen LogP contribution in [0.4, 0.5) is 5.69 Å². The second-order valence-electron chi connectivity index (χ2n) is 5.49. The first-order valence-electron chi connectivity index (χ1n) is 7.38. The molecule has 0 bridgehead atoms. The number of hydrogen-bond donors (Lipinski definition) is 2. The highest BCUT2D eigenvalue weighted by atomic mass is 16.5. The number of amides is 1. The van der Waals surface area contributed by atoms with Gasteiger partial charge in [-0.05, 0) is 43.9 Å². The molecule has 1 aromatic carbocycles. The van der Waals surface area contributed by atoms with E-state index in [1.165, 1.54) is 0 Å².